The molecule has 0 bridgehead atoms. The number of carbonyl (C=O) groups excluding carboxylic acids is 2. The van der Waals surface area contributed by atoms with Gasteiger partial charge in [0, 0.05) is 40.6 Å². The van der Waals surface area contributed by atoms with E-state index in [0.717, 1.165) is 11.3 Å². The average molecular weight is 481 g/mol. The smallest absolute Gasteiger partial charge is 0.243 e. The van der Waals surface area contributed by atoms with Crippen LogP contribution in [0, 0.1) is 0 Å². The summed E-state index contributed by atoms with van der Waals surface area (Å²) in [7, 11) is 0. The van der Waals surface area contributed by atoms with Crippen LogP contribution >= 0.6 is 35.0 Å². The van der Waals surface area contributed by atoms with Crippen LogP contribution in [0.3, 0.4) is 0 Å². The molecule has 2 aromatic carbocycles. The topological polar surface area (TPSA) is 49.4 Å². The molecular weight excluding hydrogens is 451 g/mol. The third kappa shape index (κ3) is 8.40. The highest BCUT2D eigenvalue weighted by molar-refractivity contribution is 7.98. The van der Waals surface area contributed by atoms with E-state index in [2.05, 4.69) is 17.4 Å². The number of nitrogens with one attached hydrogen (secondary N) is 1. The Bertz CT molecular complexity index is 862. The SMILES string of the molecule is CC[C@@H](C(=O)NC(C)C)N(Cc1ccc(Cl)cc1Cl)C(=O)CCSCc1ccccc1. The maximum absolute atomic E-state index is 13.2. The molecule has 0 aliphatic carbocycles. The minimum atomic E-state index is -0.555. The van der Waals surface area contributed by atoms with Crippen LogP contribution in [0.5, 0.6) is 0 Å². The Morgan fingerprint density at radius 2 is 1.81 bits per heavy atom. The number of amides is 2. The fourth-order valence-corrected chi connectivity index (χ4v) is 4.56. The number of hydrogen-bond acceptors (Lipinski definition) is 3. The Kier molecular flexibility index (Phi) is 10.7. The van der Waals surface area contributed by atoms with Gasteiger partial charge in [-0.05, 0) is 43.5 Å². The van der Waals surface area contributed by atoms with Gasteiger partial charge < -0.3 is 10.2 Å². The average Bonchev–Trinajstić information content (AvgIpc) is 2.72. The highest BCUT2D eigenvalue weighted by Crippen LogP contribution is 2.24. The van der Waals surface area contributed by atoms with E-state index in [1.165, 1.54) is 5.56 Å². The summed E-state index contributed by atoms with van der Waals surface area (Å²) in [6, 6.07) is 14.8. The lowest BCUT2D eigenvalue weighted by atomic mass is 10.1. The van der Waals surface area contributed by atoms with Gasteiger partial charge in [-0.1, -0.05) is 66.5 Å². The summed E-state index contributed by atoms with van der Waals surface area (Å²) in [4.78, 5) is 27.7. The predicted molar refractivity (Wildman–Crippen MR) is 132 cm³/mol. The molecule has 1 N–H and O–H groups in total. The molecule has 1 atom stereocenters. The molecule has 0 saturated carbocycles. The first kappa shape index (κ1) is 25.6. The summed E-state index contributed by atoms with van der Waals surface area (Å²) in [6.07, 6.45) is 0.876. The number of carbonyl (C=O) groups is 2. The van der Waals surface area contributed by atoms with Crippen molar-refractivity contribution in [2.45, 2.75) is 58.0 Å². The van der Waals surface area contributed by atoms with E-state index in [-0.39, 0.29) is 24.4 Å². The van der Waals surface area contributed by atoms with Crippen molar-refractivity contribution in [1.29, 1.82) is 0 Å². The molecule has 0 radical (unpaired) electrons. The van der Waals surface area contributed by atoms with Crippen molar-refractivity contribution in [3.63, 3.8) is 0 Å². The fraction of sp³-hybridized carbons (Fsp3) is 0.417. The van der Waals surface area contributed by atoms with Crippen molar-refractivity contribution in [2.24, 2.45) is 0 Å². The van der Waals surface area contributed by atoms with Gasteiger partial charge in [0.2, 0.25) is 11.8 Å². The Balaban J connectivity index is 2.10. The van der Waals surface area contributed by atoms with Gasteiger partial charge in [0.15, 0.2) is 0 Å². The lowest BCUT2D eigenvalue weighted by molar-refractivity contribution is -0.141. The van der Waals surface area contributed by atoms with E-state index in [4.69, 9.17) is 23.2 Å². The predicted octanol–water partition coefficient (Wildman–Crippen LogP) is 5.95. The zero-order chi connectivity index (χ0) is 22.8. The Labute approximate surface area is 199 Å². The second kappa shape index (κ2) is 13.0. The molecule has 0 spiro atoms. The highest BCUT2D eigenvalue weighted by atomic mass is 35.5. The van der Waals surface area contributed by atoms with Gasteiger partial charge in [0.1, 0.15) is 6.04 Å². The van der Waals surface area contributed by atoms with Crippen LogP contribution in [0.25, 0.3) is 0 Å². The Morgan fingerprint density at radius 1 is 1.10 bits per heavy atom. The molecule has 4 nitrogen and oxygen atoms in total. The number of rotatable bonds is 11. The van der Waals surface area contributed by atoms with Crippen LogP contribution in [-0.4, -0.2) is 34.6 Å². The second-order valence-electron chi connectivity index (χ2n) is 7.63. The van der Waals surface area contributed by atoms with Gasteiger partial charge in [-0.3, -0.25) is 9.59 Å². The number of thioether (sulfide) groups is 1. The molecule has 0 aromatic heterocycles. The number of nitrogens with zero attached hydrogens (tertiary/aromatic N) is 1. The van der Waals surface area contributed by atoms with Crippen molar-refractivity contribution >= 4 is 46.8 Å². The maximum atomic E-state index is 13.2. The van der Waals surface area contributed by atoms with Crippen molar-refractivity contribution in [3.05, 3.63) is 69.7 Å². The van der Waals surface area contributed by atoms with Crippen molar-refractivity contribution < 1.29 is 9.59 Å². The lowest BCUT2D eigenvalue weighted by Crippen LogP contribution is -2.50. The van der Waals surface area contributed by atoms with Gasteiger partial charge in [-0.2, -0.15) is 11.8 Å². The summed E-state index contributed by atoms with van der Waals surface area (Å²) in [5, 5.41) is 3.96. The maximum Gasteiger partial charge on any atom is 0.243 e. The Hall–Kier alpha value is -1.69. The van der Waals surface area contributed by atoms with Gasteiger partial charge in [0.05, 0.1) is 0 Å². The normalized spacial score (nSPS) is 11.9. The van der Waals surface area contributed by atoms with Crippen molar-refractivity contribution in [2.75, 3.05) is 5.75 Å². The first-order chi connectivity index (χ1) is 14.8. The van der Waals surface area contributed by atoms with Crippen LogP contribution < -0.4 is 5.32 Å². The zero-order valence-corrected chi connectivity index (χ0v) is 20.6. The van der Waals surface area contributed by atoms with Gasteiger partial charge in [0.25, 0.3) is 0 Å². The van der Waals surface area contributed by atoms with Crippen LogP contribution in [0.2, 0.25) is 10.0 Å². The molecular formula is C24H30Cl2N2O2S. The highest BCUT2D eigenvalue weighted by Gasteiger charge is 2.29. The van der Waals surface area contributed by atoms with Crippen LogP contribution in [0.1, 0.15) is 44.7 Å². The third-order valence-electron chi connectivity index (χ3n) is 4.74. The van der Waals surface area contributed by atoms with E-state index in [1.807, 2.05) is 45.0 Å². The molecule has 31 heavy (non-hydrogen) atoms. The van der Waals surface area contributed by atoms with Crippen molar-refractivity contribution in [1.82, 2.24) is 10.2 Å². The molecule has 7 heteroatoms. The van der Waals surface area contributed by atoms with E-state index in [9.17, 15) is 9.59 Å². The summed E-state index contributed by atoms with van der Waals surface area (Å²) in [6.45, 7) is 6.00. The molecule has 2 rings (SSSR count). The largest absolute Gasteiger partial charge is 0.352 e. The van der Waals surface area contributed by atoms with Crippen LogP contribution in [0.15, 0.2) is 48.5 Å². The molecule has 0 aliphatic heterocycles. The van der Waals surface area contributed by atoms with Gasteiger partial charge in [-0.15, -0.1) is 0 Å². The fourth-order valence-electron chi connectivity index (χ4n) is 3.20. The number of benzene rings is 2. The summed E-state index contributed by atoms with van der Waals surface area (Å²) < 4.78 is 0. The van der Waals surface area contributed by atoms with E-state index >= 15 is 0 Å². The molecule has 168 valence electrons. The minimum Gasteiger partial charge on any atom is -0.352 e. The van der Waals surface area contributed by atoms with E-state index in [0.29, 0.717) is 28.6 Å². The van der Waals surface area contributed by atoms with E-state index in [1.54, 1.807) is 28.8 Å². The molecule has 2 aromatic rings. The van der Waals surface area contributed by atoms with Crippen LogP contribution in [0.4, 0.5) is 0 Å². The van der Waals surface area contributed by atoms with Gasteiger partial charge in [-0.25, -0.2) is 0 Å². The molecule has 0 unspecified atom stereocenters. The molecule has 0 aliphatic rings. The Morgan fingerprint density at radius 3 is 2.42 bits per heavy atom. The van der Waals surface area contributed by atoms with E-state index < -0.39 is 6.04 Å². The summed E-state index contributed by atoms with van der Waals surface area (Å²) >= 11 is 14.1. The van der Waals surface area contributed by atoms with Gasteiger partial charge >= 0.3 is 0 Å². The first-order valence-electron chi connectivity index (χ1n) is 10.5. The molecule has 0 saturated heterocycles. The first-order valence-corrected chi connectivity index (χ1v) is 12.4. The molecule has 0 heterocycles. The summed E-state index contributed by atoms with van der Waals surface area (Å²) in [5.41, 5.74) is 2.00. The second-order valence-corrected chi connectivity index (χ2v) is 9.58. The lowest BCUT2D eigenvalue weighted by Gasteiger charge is -2.31. The standard InChI is InChI=1S/C24H30Cl2N2O2S/c1-4-22(24(30)27-17(2)3)28(15-19-10-11-20(25)14-21(19)26)23(29)12-13-31-16-18-8-6-5-7-9-18/h5-11,14,17,22H,4,12-13,15-16H2,1-3H3,(H,27,30)/t22-/m0/s1. The van der Waals surface area contributed by atoms with Crippen LogP contribution in [-0.2, 0) is 21.9 Å². The minimum absolute atomic E-state index is 0.000880. The third-order valence-corrected chi connectivity index (χ3v) is 6.36. The monoisotopic (exact) mass is 480 g/mol. The quantitative estimate of drug-likeness (QED) is 0.404. The molecule has 2 amide bonds. The zero-order valence-electron chi connectivity index (χ0n) is 18.2. The number of hydrogen-bond donors (Lipinski definition) is 1. The number of halogens is 2. The molecule has 0 fully saturated rings. The summed E-state index contributed by atoms with van der Waals surface area (Å²) in [5.74, 6) is 1.33. The van der Waals surface area contributed by atoms with Crippen molar-refractivity contribution in [3.8, 4) is 0 Å².